The molecule has 0 saturated carbocycles. The lowest BCUT2D eigenvalue weighted by Gasteiger charge is -2.10. The highest BCUT2D eigenvalue weighted by Gasteiger charge is 2.25. The van der Waals surface area contributed by atoms with Crippen LogP contribution in [0, 0.1) is 10.1 Å². The molecule has 0 radical (unpaired) electrons. The summed E-state index contributed by atoms with van der Waals surface area (Å²) >= 11 is 6.00. The molecule has 0 aliphatic rings. The zero-order valence-electron chi connectivity index (χ0n) is 14.5. The second-order valence-electron chi connectivity index (χ2n) is 5.96. The molecule has 0 aliphatic heterocycles. The Morgan fingerprint density at radius 3 is 2.00 bits per heavy atom. The minimum Gasteiger partial charge on any atom is -0.324 e. The van der Waals surface area contributed by atoms with Crippen LogP contribution in [0.5, 0.6) is 0 Å². The summed E-state index contributed by atoms with van der Waals surface area (Å²) in [5.41, 5.74) is 2.52. The zero-order chi connectivity index (χ0) is 20.1. The molecule has 7 heteroatoms. The van der Waals surface area contributed by atoms with Crippen LogP contribution in [0.3, 0.4) is 0 Å². The number of nitro benzene ring substituents is 1. The molecule has 1 N–H and O–H groups in total. The number of non-ortho nitro benzene ring substituents is 1. The number of nitrogens with one attached hydrogen (secondary N) is 1. The first-order chi connectivity index (χ1) is 13.5. The van der Waals surface area contributed by atoms with Gasteiger partial charge in [0.05, 0.1) is 4.92 Å². The number of alkyl halides is 1. The molecule has 3 aromatic rings. The maximum Gasteiger partial charge on any atom is 0.269 e. The predicted molar refractivity (Wildman–Crippen MR) is 108 cm³/mol. The van der Waals surface area contributed by atoms with Gasteiger partial charge in [0.2, 0.25) is 5.91 Å². The second kappa shape index (κ2) is 8.45. The topological polar surface area (TPSA) is 89.3 Å². The van der Waals surface area contributed by atoms with E-state index in [9.17, 15) is 19.7 Å². The number of nitrogens with zero attached hydrogens (tertiary/aromatic N) is 1. The number of ketones is 1. The van der Waals surface area contributed by atoms with Crippen molar-refractivity contribution in [1.29, 1.82) is 0 Å². The van der Waals surface area contributed by atoms with Crippen molar-refractivity contribution in [2.24, 2.45) is 0 Å². The van der Waals surface area contributed by atoms with Crippen LogP contribution >= 0.6 is 11.6 Å². The van der Waals surface area contributed by atoms with Crippen molar-refractivity contribution >= 4 is 34.7 Å². The first kappa shape index (κ1) is 19.3. The average molecular weight is 395 g/mol. The van der Waals surface area contributed by atoms with Gasteiger partial charge in [0, 0.05) is 23.4 Å². The Labute approximate surface area is 165 Å². The molecule has 1 unspecified atom stereocenters. The molecule has 0 fully saturated rings. The molecular weight excluding hydrogens is 380 g/mol. The Bertz CT molecular complexity index is 1000. The highest BCUT2D eigenvalue weighted by Crippen LogP contribution is 2.22. The standard InChI is InChI=1S/C21H15ClN2O4/c22-19(20(25)16-8-12-18(13-9-16)24(27)28)21(26)23-17-10-6-15(7-11-17)14-4-2-1-3-5-14/h1-13,19H,(H,23,26). The molecule has 6 nitrogen and oxygen atoms in total. The lowest BCUT2D eigenvalue weighted by atomic mass is 10.1. The van der Waals surface area contributed by atoms with Gasteiger partial charge < -0.3 is 5.32 Å². The summed E-state index contributed by atoms with van der Waals surface area (Å²) in [6.07, 6.45) is 0. The van der Waals surface area contributed by atoms with E-state index in [1.54, 1.807) is 12.1 Å². The van der Waals surface area contributed by atoms with Crippen molar-refractivity contribution < 1.29 is 14.5 Å². The van der Waals surface area contributed by atoms with E-state index in [4.69, 9.17) is 11.6 Å². The predicted octanol–water partition coefficient (Wildman–Crippen LogP) is 4.69. The first-order valence-corrected chi connectivity index (χ1v) is 8.78. The quantitative estimate of drug-likeness (QED) is 0.216. The number of anilines is 1. The number of hydrogen-bond acceptors (Lipinski definition) is 4. The summed E-state index contributed by atoms with van der Waals surface area (Å²) in [5, 5.41) is 11.8. The molecule has 140 valence electrons. The fraction of sp³-hybridized carbons (Fsp3) is 0.0476. The van der Waals surface area contributed by atoms with Crippen LogP contribution in [0.2, 0.25) is 0 Å². The third-order valence-corrected chi connectivity index (χ3v) is 4.48. The number of Topliss-reactive ketones (excluding diaryl/α,β-unsaturated/α-hetero) is 1. The van der Waals surface area contributed by atoms with Crippen LogP contribution in [-0.4, -0.2) is 22.0 Å². The maximum absolute atomic E-state index is 12.3. The van der Waals surface area contributed by atoms with Crippen molar-refractivity contribution in [1.82, 2.24) is 0 Å². The Morgan fingerprint density at radius 2 is 1.43 bits per heavy atom. The van der Waals surface area contributed by atoms with E-state index in [1.807, 2.05) is 42.5 Å². The van der Waals surface area contributed by atoms with Gasteiger partial charge in [-0.1, -0.05) is 42.5 Å². The van der Waals surface area contributed by atoms with Crippen LogP contribution in [0.25, 0.3) is 11.1 Å². The van der Waals surface area contributed by atoms with Crippen LogP contribution < -0.4 is 5.32 Å². The summed E-state index contributed by atoms with van der Waals surface area (Å²) in [7, 11) is 0. The van der Waals surface area contributed by atoms with E-state index in [-0.39, 0.29) is 11.3 Å². The third kappa shape index (κ3) is 4.42. The van der Waals surface area contributed by atoms with Gasteiger partial charge in [0.15, 0.2) is 11.2 Å². The first-order valence-electron chi connectivity index (χ1n) is 8.35. The van der Waals surface area contributed by atoms with E-state index < -0.39 is 22.0 Å². The minimum atomic E-state index is -1.45. The van der Waals surface area contributed by atoms with Crippen molar-refractivity contribution in [2.45, 2.75) is 5.38 Å². The van der Waals surface area contributed by atoms with Gasteiger partial charge in [-0.2, -0.15) is 0 Å². The molecule has 0 heterocycles. The molecule has 0 aliphatic carbocycles. The monoisotopic (exact) mass is 394 g/mol. The zero-order valence-corrected chi connectivity index (χ0v) is 15.3. The van der Waals surface area contributed by atoms with Crippen LogP contribution in [0.1, 0.15) is 10.4 Å². The number of amides is 1. The molecule has 0 spiro atoms. The Morgan fingerprint density at radius 1 is 0.857 bits per heavy atom. The maximum atomic E-state index is 12.3. The van der Waals surface area contributed by atoms with Gasteiger partial charge >= 0.3 is 0 Å². The van der Waals surface area contributed by atoms with Gasteiger partial charge in [0.1, 0.15) is 0 Å². The number of carbonyl (C=O) groups is 2. The number of halogens is 1. The summed E-state index contributed by atoms with van der Waals surface area (Å²) in [4.78, 5) is 34.7. The number of benzene rings is 3. The molecule has 3 aromatic carbocycles. The van der Waals surface area contributed by atoms with Crippen LogP contribution in [0.15, 0.2) is 78.9 Å². The highest BCUT2D eigenvalue weighted by atomic mass is 35.5. The number of nitro groups is 1. The summed E-state index contributed by atoms with van der Waals surface area (Å²) in [5.74, 6) is -1.30. The van der Waals surface area contributed by atoms with Crippen molar-refractivity contribution in [3.05, 3.63) is 94.5 Å². The normalized spacial score (nSPS) is 11.5. The summed E-state index contributed by atoms with van der Waals surface area (Å²) in [6.45, 7) is 0. The largest absolute Gasteiger partial charge is 0.324 e. The van der Waals surface area contributed by atoms with E-state index in [0.717, 1.165) is 11.1 Å². The van der Waals surface area contributed by atoms with Crippen molar-refractivity contribution in [3.8, 4) is 11.1 Å². The summed E-state index contributed by atoms with van der Waals surface area (Å²) < 4.78 is 0. The van der Waals surface area contributed by atoms with Crippen LogP contribution in [-0.2, 0) is 4.79 Å². The smallest absolute Gasteiger partial charge is 0.269 e. The molecule has 0 saturated heterocycles. The lowest BCUT2D eigenvalue weighted by molar-refractivity contribution is -0.384. The second-order valence-corrected chi connectivity index (χ2v) is 6.40. The average Bonchev–Trinajstić information content (AvgIpc) is 2.74. The molecule has 0 aromatic heterocycles. The molecule has 1 amide bonds. The van der Waals surface area contributed by atoms with Gasteiger partial charge in [0.25, 0.3) is 5.69 Å². The third-order valence-electron chi connectivity index (χ3n) is 4.08. The molecule has 3 rings (SSSR count). The van der Waals surface area contributed by atoms with E-state index in [1.165, 1.54) is 24.3 Å². The van der Waals surface area contributed by atoms with Crippen LogP contribution in [0.4, 0.5) is 11.4 Å². The van der Waals surface area contributed by atoms with Gasteiger partial charge in [-0.05, 0) is 35.4 Å². The van der Waals surface area contributed by atoms with Gasteiger partial charge in [-0.15, -0.1) is 11.6 Å². The van der Waals surface area contributed by atoms with E-state index in [0.29, 0.717) is 5.69 Å². The van der Waals surface area contributed by atoms with Gasteiger partial charge in [-0.3, -0.25) is 19.7 Å². The molecule has 0 bridgehead atoms. The minimum absolute atomic E-state index is 0.125. The molecule has 28 heavy (non-hydrogen) atoms. The number of rotatable bonds is 6. The Balaban J connectivity index is 1.66. The number of carbonyl (C=O) groups excluding carboxylic acids is 2. The summed E-state index contributed by atoms with van der Waals surface area (Å²) in [6, 6.07) is 21.8. The Kier molecular flexibility index (Phi) is 5.81. The van der Waals surface area contributed by atoms with E-state index >= 15 is 0 Å². The fourth-order valence-corrected chi connectivity index (χ4v) is 2.78. The SMILES string of the molecule is O=C(Nc1ccc(-c2ccccc2)cc1)C(Cl)C(=O)c1ccc([N+](=O)[O-])cc1. The van der Waals surface area contributed by atoms with E-state index in [2.05, 4.69) is 5.32 Å². The number of hydrogen-bond donors (Lipinski definition) is 1. The molecular formula is C21H15ClN2O4. The lowest BCUT2D eigenvalue weighted by Crippen LogP contribution is -2.30. The fourth-order valence-electron chi connectivity index (χ4n) is 2.60. The van der Waals surface area contributed by atoms with Crippen molar-refractivity contribution in [3.63, 3.8) is 0 Å². The van der Waals surface area contributed by atoms with Crippen molar-refractivity contribution in [2.75, 3.05) is 5.32 Å². The highest BCUT2D eigenvalue weighted by molar-refractivity contribution is 6.45. The Hall–Kier alpha value is -3.51. The van der Waals surface area contributed by atoms with Gasteiger partial charge in [-0.25, -0.2) is 0 Å². The molecule has 1 atom stereocenters.